The summed E-state index contributed by atoms with van der Waals surface area (Å²) in [6.07, 6.45) is 0.834. The van der Waals surface area contributed by atoms with Gasteiger partial charge in [-0.05, 0) is 12.5 Å². The number of aldehydes is 1. The predicted octanol–water partition coefficient (Wildman–Crippen LogP) is 0.173. The van der Waals surface area contributed by atoms with Crippen molar-refractivity contribution in [2.75, 3.05) is 33.4 Å². The molecule has 0 aromatic heterocycles. The zero-order valence-corrected chi connectivity index (χ0v) is 9.96. The Bertz CT molecular complexity index is 376. The molecule has 90 valence electrons. The van der Waals surface area contributed by atoms with Crippen molar-refractivity contribution < 1.29 is 14.1 Å². The molecule has 0 aliphatic carbocycles. The van der Waals surface area contributed by atoms with E-state index < -0.39 is 0 Å². The lowest BCUT2D eigenvalue weighted by atomic mass is 9.78. The Morgan fingerprint density at radius 3 is 2.65 bits per heavy atom. The average molecular weight is 233 g/mol. The standard InChI is InChI=1S/C12H16BNO3/c1-14-5-7-16-13(17-8-6-14)12-4-2-3-11(9-12)10-15/h2-4,9-10H,5-8H2,1H3. The lowest BCUT2D eigenvalue weighted by molar-refractivity contribution is 0.112. The molecule has 1 saturated heterocycles. The van der Waals surface area contributed by atoms with Crippen LogP contribution in [0.2, 0.25) is 0 Å². The zero-order valence-electron chi connectivity index (χ0n) is 9.96. The molecule has 1 aliphatic rings. The Hall–Kier alpha value is -1.17. The van der Waals surface area contributed by atoms with Gasteiger partial charge < -0.3 is 14.2 Å². The number of carbonyl (C=O) groups excluding carboxylic acids is 1. The van der Waals surface area contributed by atoms with Crippen molar-refractivity contribution in [3.63, 3.8) is 0 Å². The van der Waals surface area contributed by atoms with Gasteiger partial charge in [0.15, 0.2) is 0 Å². The van der Waals surface area contributed by atoms with Gasteiger partial charge in [-0.15, -0.1) is 0 Å². The summed E-state index contributed by atoms with van der Waals surface area (Å²) in [7, 11) is 1.68. The molecule has 0 bridgehead atoms. The van der Waals surface area contributed by atoms with Crippen LogP contribution in [0.1, 0.15) is 10.4 Å². The van der Waals surface area contributed by atoms with Crippen LogP contribution in [-0.2, 0) is 9.31 Å². The first kappa shape index (κ1) is 12.3. The van der Waals surface area contributed by atoms with Gasteiger partial charge in [0.1, 0.15) is 6.29 Å². The van der Waals surface area contributed by atoms with E-state index in [1.807, 2.05) is 25.2 Å². The Balaban J connectivity index is 2.06. The van der Waals surface area contributed by atoms with E-state index in [-0.39, 0.29) is 7.12 Å². The molecule has 0 spiro atoms. The number of carbonyl (C=O) groups is 1. The van der Waals surface area contributed by atoms with Gasteiger partial charge in [0.2, 0.25) is 0 Å². The third kappa shape index (κ3) is 3.39. The molecular weight excluding hydrogens is 217 g/mol. The number of benzene rings is 1. The molecule has 17 heavy (non-hydrogen) atoms. The molecule has 1 heterocycles. The van der Waals surface area contributed by atoms with Gasteiger partial charge in [-0.1, -0.05) is 24.3 Å². The minimum atomic E-state index is -0.358. The normalized spacial score (nSPS) is 18.5. The minimum Gasteiger partial charge on any atom is -0.406 e. The molecule has 0 unspecified atom stereocenters. The van der Waals surface area contributed by atoms with E-state index in [2.05, 4.69) is 4.90 Å². The van der Waals surface area contributed by atoms with Crippen molar-refractivity contribution in [1.29, 1.82) is 0 Å². The van der Waals surface area contributed by atoms with Crippen molar-refractivity contribution in [3.8, 4) is 0 Å². The Morgan fingerprint density at radius 1 is 1.29 bits per heavy atom. The van der Waals surface area contributed by atoms with Crippen LogP contribution in [0.5, 0.6) is 0 Å². The minimum absolute atomic E-state index is 0.358. The molecule has 2 rings (SSSR count). The number of likely N-dealkylation sites (N-methyl/N-ethyl adjacent to an activating group) is 1. The van der Waals surface area contributed by atoms with Gasteiger partial charge in [0.25, 0.3) is 0 Å². The predicted molar refractivity (Wildman–Crippen MR) is 66.6 cm³/mol. The Kier molecular flexibility index (Phi) is 4.31. The average Bonchev–Trinajstić information content (AvgIpc) is 2.34. The molecule has 0 saturated carbocycles. The maximum absolute atomic E-state index is 10.7. The second kappa shape index (κ2) is 5.96. The highest BCUT2D eigenvalue weighted by Gasteiger charge is 2.23. The number of hydrogen-bond donors (Lipinski definition) is 0. The third-order valence-electron chi connectivity index (χ3n) is 2.80. The topological polar surface area (TPSA) is 38.8 Å². The van der Waals surface area contributed by atoms with Gasteiger partial charge >= 0.3 is 7.12 Å². The summed E-state index contributed by atoms with van der Waals surface area (Å²) in [5, 5.41) is 0. The van der Waals surface area contributed by atoms with Crippen LogP contribution in [0.25, 0.3) is 0 Å². The maximum atomic E-state index is 10.7. The number of nitrogens with zero attached hydrogens (tertiary/aromatic N) is 1. The van der Waals surface area contributed by atoms with Gasteiger partial charge in [-0.3, -0.25) is 4.79 Å². The Labute approximate surface area is 102 Å². The van der Waals surface area contributed by atoms with Gasteiger partial charge in [-0.2, -0.15) is 0 Å². The maximum Gasteiger partial charge on any atom is 0.493 e. The fraction of sp³-hybridized carbons (Fsp3) is 0.417. The van der Waals surface area contributed by atoms with Crippen molar-refractivity contribution in [3.05, 3.63) is 29.8 Å². The second-order valence-electron chi connectivity index (χ2n) is 4.16. The van der Waals surface area contributed by atoms with Crippen molar-refractivity contribution in [2.45, 2.75) is 0 Å². The monoisotopic (exact) mass is 233 g/mol. The van der Waals surface area contributed by atoms with Crippen LogP contribution >= 0.6 is 0 Å². The quantitative estimate of drug-likeness (QED) is 0.539. The fourth-order valence-corrected chi connectivity index (χ4v) is 1.76. The highest BCUT2D eigenvalue weighted by Crippen LogP contribution is 2.00. The highest BCUT2D eigenvalue weighted by atomic mass is 16.6. The lowest BCUT2D eigenvalue weighted by Gasteiger charge is -2.24. The first-order valence-corrected chi connectivity index (χ1v) is 5.76. The number of hydrogen-bond acceptors (Lipinski definition) is 4. The van der Waals surface area contributed by atoms with Crippen LogP contribution < -0.4 is 5.46 Å². The van der Waals surface area contributed by atoms with Crippen LogP contribution in [-0.4, -0.2) is 51.7 Å². The van der Waals surface area contributed by atoms with Gasteiger partial charge in [0.05, 0.1) is 0 Å². The van der Waals surface area contributed by atoms with Crippen LogP contribution in [0.15, 0.2) is 24.3 Å². The van der Waals surface area contributed by atoms with E-state index in [0.717, 1.165) is 24.8 Å². The molecule has 1 aromatic rings. The molecule has 5 heteroatoms. The molecule has 1 aromatic carbocycles. The zero-order chi connectivity index (χ0) is 12.1. The molecule has 0 N–H and O–H groups in total. The third-order valence-corrected chi connectivity index (χ3v) is 2.80. The van der Waals surface area contributed by atoms with Crippen LogP contribution in [0, 0.1) is 0 Å². The summed E-state index contributed by atoms with van der Waals surface area (Å²) in [6, 6.07) is 7.34. The van der Waals surface area contributed by atoms with Crippen LogP contribution in [0.3, 0.4) is 0 Å². The van der Waals surface area contributed by atoms with Crippen molar-refractivity contribution in [1.82, 2.24) is 4.90 Å². The second-order valence-corrected chi connectivity index (χ2v) is 4.16. The molecule has 0 radical (unpaired) electrons. The molecule has 4 nitrogen and oxygen atoms in total. The highest BCUT2D eigenvalue weighted by molar-refractivity contribution is 6.61. The molecule has 1 aliphatic heterocycles. The summed E-state index contributed by atoms with van der Waals surface area (Å²) in [5.41, 5.74) is 1.55. The van der Waals surface area contributed by atoms with Gasteiger partial charge in [-0.25, -0.2) is 0 Å². The van der Waals surface area contributed by atoms with E-state index in [4.69, 9.17) is 9.31 Å². The van der Waals surface area contributed by atoms with Gasteiger partial charge in [0, 0.05) is 31.9 Å². The van der Waals surface area contributed by atoms with Crippen molar-refractivity contribution in [2.24, 2.45) is 0 Å². The smallest absolute Gasteiger partial charge is 0.406 e. The van der Waals surface area contributed by atoms with Crippen LogP contribution in [0.4, 0.5) is 0 Å². The molecular formula is C12H16BNO3. The molecule has 1 fully saturated rings. The first-order valence-electron chi connectivity index (χ1n) is 5.76. The van der Waals surface area contributed by atoms with E-state index in [1.54, 1.807) is 6.07 Å². The Morgan fingerprint density at radius 2 is 2.00 bits per heavy atom. The van der Waals surface area contributed by atoms with E-state index in [0.29, 0.717) is 18.8 Å². The SMILES string of the molecule is CN1CCOB(c2cccc(C=O)c2)OCC1. The van der Waals surface area contributed by atoms with E-state index in [9.17, 15) is 4.79 Å². The largest absolute Gasteiger partial charge is 0.493 e. The molecule has 0 atom stereocenters. The first-order chi connectivity index (χ1) is 8.29. The fourth-order valence-electron chi connectivity index (χ4n) is 1.76. The summed E-state index contributed by atoms with van der Waals surface area (Å²) in [5.74, 6) is 0. The summed E-state index contributed by atoms with van der Waals surface area (Å²) < 4.78 is 11.3. The van der Waals surface area contributed by atoms with E-state index >= 15 is 0 Å². The van der Waals surface area contributed by atoms with Crippen molar-refractivity contribution >= 4 is 18.9 Å². The summed E-state index contributed by atoms with van der Waals surface area (Å²) in [4.78, 5) is 12.9. The summed E-state index contributed by atoms with van der Waals surface area (Å²) >= 11 is 0. The summed E-state index contributed by atoms with van der Waals surface area (Å²) in [6.45, 7) is 3.05. The van der Waals surface area contributed by atoms with E-state index in [1.165, 1.54) is 0 Å². The lowest BCUT2D eigenvalue weighted by Crippen LogP contribution is -2.43. The molecule has 0 amide bonds. The number of rotatable bonds is 2.